The van der Waals surface area contributed by atoms with Crippen LogP contribution in [0, 0.1) is 11.3 Å². The van der Waals surface area contributed by atoms with Gasteiger partial charge in [-0.25, -0.2) is 4.79 Å². The van der Waals surface area contributed by atoms with E-state index >= 15 is 0 Å². The second kappa shape index (κ2) is 7.90. The third-order valence-corrected chi connectivity index (χ3v) is 3.33. The van der Waals surface area contributed by atoms with E-state index in [-0.39, 0.29) is 10.6 Å². The molecular weight excluding hydrogens is 324 g/mol. The predicted molar refractivity (Wildman–Crippen MR) is 94.8 cm³/mol. The molecule has 0 radical (unpaired) electrons. The highest BCUT2D eigenvalue weighted by atomic mass is 32.1. The van der Waals surface area contributed by atoms with E-state index in [4.69, 9.17) is 32.7 Å². The molecule has 0 amide bonds. The molecule has 0 saturated carbocycles. The maximum Gasteiger partial charge on any atom is 0.343 e. The SMILES string of the molecule is COc1ccc(C(=O)Oc2ccc(/C=C(\C#N)C(N)=S)cc2)cc1. The van der Waals surface area contributed by atoms with Gasteiger partial charge in [0.1, 0.15) is 22.6 Å². The van der Waals surface area contributed by atoms with Crippen molar-refractivity contribution in [1.82, 2.24) is 0 Å². The van der Waals surface area contributed by atoms with Crippen LogP contribution in [0.2, 0.25) is 0 Å². The van der Waals surface area contributed by atoms with Gasteiger partial charge in [-0.3, -0.25) is 0 Å². The maximum atomic E-state index is 12.1. The molecular formula is C18H14N2O3S. The minimum Gasteiger partial charge on any atom is -0.497 e. The van der Waals surface area contributed by atoms with E-state index in [0.717, 1.165) is 5.56 Å². The molecule has 0 atom stereocenters. The van der Waals surface area contributed by atoms with Crippen molar-refractivity contribution in [3.8, 4) is 17.6 Å². The molecule has 24 heavy (non-hydrogen) atoms. The largest absolute Gasteiger partial charge is 0.497 e. The Kier molecular flexibility index (Phi) is 5.66. The van der Waals surface area contributed by atoms with E-state index in [2.05, 4.69) is 0 Å². The highest BCUT2D eigenvalue weighted by Crippen LogP contribution is 2.17. The Morgan fingerprint density at radius 1 is 1.12 bits per heavy atom. The second-order valence-electron chi connectivity index (χ2n) is 4.72. The fourth-order valence-electron chi connectivity index (χ4n) is 1.85. The van der Waals surface area contributed by atoms with Gasteiger partial charge in [0.2, 0.25) is 0 Å². The zero-order valence-corrected chi connectivity index (χ0v) is 13.7. The van der Waals surface area contributed by atoms with Crippen molar-refractivity contribution in [1.29, 1.82) is 5.26 Å². The molecule has 0 spiro atoms. The summed E-state index contributed by atoms with van der Waals surface area (Å²) in [5, 5.41) is 8.93. The number of hydrogen-bond acceptors (Lipinski definition) is 5. The zero-order chi connectivity index (χ0) is 17.5. The number of benzene rings is 2. The van der Waals surface area contributed by atoms with Crippen molar-refractivity contribution >= 4 is 29.3 Å². The fourth-order valence-corrected chi connectivity index (χ4v) is 1.95. The molecule has 2 aromatic rings. The van der Waals surface area contributed by atoms with Crippen molar-refractivity contribution < 1.29 is 14.3 Å². The van der Waals surface area contributed by atoms with Gasteiger partial charge in [-0.05, 0) is 48.0 Å². The number of methoxy groups -OCH3 is 1. The zero-order valence-electron chi connectivity index (χ0n) is 12.9. The van der Waals surface area contributed by atoms with Crippen LogP contribution in [-0.4, -0.2) is 18.1 Å². The summed E-state index contributed by atoms with van der Waals surface area (Å²) in [6.45, 7) is 0. The third-order valence-electron chi connectivity index (χ3n) is 3.11. The van der Waals surface area contributed by atoms with Gasteiger partial charge in [-0.2, -0.15) is 5.26 Å². The Bertz CT molecular complexity index is 819. The molecule has 0 unspecified atom stereocenters. The first-order valence-electron chi connectivity index (χ1n) is 6.91. The van der Waals surface area contributed by atoms with Gasteiger partial charge in [-0.15, -0.1) is 0 Å². The van der Waals surface area contributed by atoms with Gasteiger partial charge < -0.3 is 15.2 Å². The van der Waals surface area contributed by atoms with Crippen molar-refractivity contribution in [2.24, 2.45) is 5.73 Å². The van der Waals surface area contributed by atoms with Crippen LogP contribution in [0.3, 0.4) is 0 Å². The van der Waals surface area contributed by atoms with Gasteiger partial charge >= 0.3 is 5.97 Å². The highest BCUT2D eigenvalue weighted by molar-refractivity contribution is 7.80. The number of hydrogen-bond donors (Lipinski definition) is 1. The summed E-state index contributed by atoms with van der Waals surface area (Å²) in [5.74, 6) is 0.581. The molecule has 0 aliphatic heterocycles. The number of nitriles is 1. The van der Waals surface area contributed by atoms with Crippen LogP contribution in [0.4, 0.5) is 0 Å². The smallest absolute Gasteiger partial charge is 0.343 e. The number of nitrogens with two attached hydrogens (primary N) is 1. The first-order chi connectivity index (χ1) is 11.5. The summed E-state index contributed by atoms with van der Waals surface area (Å²) < 4.78 is 10.3. The fraction of sp³-hybridized carbons (Fsp3) is 0.0556. The molecule has 0 aliphatic rings. The second-order valence-corrected chi connectivity index (χ2v) is 5.16. The molecule has 0 aromatic heterocycles. The van der Waals surface area contributed by atoms with Crippen LogP contribution in [0.1, 0.15) is 15.9 Å². The lowest BCUT2D eigenvalue weighted by Gasteiger charge is -2.06. The molecule has 0 heterocycles. The molecule has 5 nitrogen and oxygen atoms in total. The molecule has 2 aromatic carbocycles. The van der Waals surface area contributed by atoms with Crippen LogP contribution in [0.15, 0.2) is 54.1 Å². The molecule has 120 valence electrons. The van der Waals surface area contributed by atoms with Crippen LogP contribution in [0.5, 0.6) is 11.5 Å². The number of carbonyl (C=O) groups excluding carboxylic acids is 1. The van der Waals surface area contributed by atoms with Gasteiger partial charge in [0.15, 0.2) is 0 Å². The van der Waals surface area contributed by atoms with Crippen molar-refractivity contribution in [3.05, 3.63) is 65.2 Å². The summed E-state index contributed by atoms with van der Waals surface area (Å²) in [4.78, 5) is 12.1. The molecule has 6 heteroatoms. The Hall–Kier alpha value is -3.17. The lowest BCUT2D eigenvalue weighted by atomic mass is 10.1. The van der Waals surface area contributed by atoms with Gasteiger partial charge in [0.05, 0.1) is 18.2 Å². The number of nitrogens with zero attached hydrogens (tertiary/aromatic N) is 1. The summed E-state index contributed by atoms with van der Waals surface area (Å²) in [7, 11) is 1.55. The lowest BCUT2D eigenvalue weighted by Crippen LogP contribution is -2.09. The van der Waals surface area contributed by atoms with Crippen molar-refractivity contribution in [2.75, 3.05) is 7.11 Å². The summed E-state index contributed by atoms with van der Waals surface area (Å²) in [6.07, 6.45) is 1.57. The molecule has 0 bridgehead atoms. The predicted octanol–water partition coefficient (Wildman–Crippen LogP) is 3.11. The molecule has 0 fully saturated rings. The van der Waals surface area contributed by atoms with E-state index < -0.39 is 5.97 Å². The number of thiocarbonyl (C=S) groups is 1. The number of ether oxygens (including phenoxy) is 2. The van der Waals surface area contributed by atoms with Crippen LogP contribution < -0.4 is 15.2 Å². The third kappa shape index (κ3) is 4.41. The average molecular weight is 338 g/mol. The van der Waals surface area contributed by atoms with Crippen LogP contribution >= 0.6 is 12.2 Å². The Labute approximate surface area is 144 Å². The van der Waals surface area contributed by atoms with E-state index in [1.54, 1.807) is 61.7 Å². The average Bonchev–Trinajstić information content (AvgIpc) is 2.60. The molecule has 2 rings (SSSR count). The van der Waals surface area contributed by atoms with E-state index in [1.165, 1.54) is 0 Å². The standard InChI is InChI=1S/C18H14N2O3S/c1-22-15-8-4-13(5-9-15)18(21)23-16-6-2-12(3-7-16)10-14(11-19)17(20)24/h2-10H,1H3,(H2,20,24)/b14-10+. The number of rotatable bonds is 5. The Balaban J connectivity index is 2.09. The summed E-state index contributed by atoms with van der Waals surface area (Å²) in [5.41, 5.74) is 6.80. The molecule has 0 aliphatic carbocycles. The van der Waals surface area contributed by atoms with E-state index in [9.17, 15) is 4.79 Å². The van der Waals surface area contributed by atoms with E-state index in [0.29, 0.717) is 17.1 Å². The molecule has 2 N–H and O–H groups in total. The van der Waals surface area contributed by atoms with E-state index in [1.807, 2.05) is 6.07 Å². The van der Waals surface area contributed by atoms with Crippen LogP contribution in [-0.2, 0) is 0 Å². The minimum atomic E-state index is -0.471. The number of esters is 1. The molecule has 0 saturated heterocycles. The van der Waals surface area contributed by atoms with Gasteiger partial charge in [-0.1, -0.05) is 24.4 Å². The quantitative estimate of drug-likeness (QED) is 0.296. The topological polar surface area (TPSA) is 85.3 Å². The lowest BCUT2D eigenvalue weighted by molar-refractivity contribution is 0.0734. The van der Waals surface area contributed by atoms with Gasteiger partial charge in [0.25, 0.3) is 0 Å². The maximum absolute atomic E-state index is 12.1. The van der Waals surface area contributed by atoms with Crippen molar-refractivity contribution in [2.45, 2.75) is 0 Å². The summed E-state index contributed by atoms with van der Waals surface area (Å²) >= 11 is 4.78. The van der Waals surface area contributed by atoms with Crippen molar-refractivity contribution in [3.63, 3.8) is 0 Å². The monoisotopic (exact) mass is 338 g/mol. The highest BCUT2D eigenvalue weighted by Gasteiger charge is 2.08. The first-order valence-corrected chi connectivity index (χ1v) is 7.32. The Morgan fingerprint density at radius 2 is 1.71 bits per heavy atom. The van der Waals surface area contributed by atoms with Crippen LogP contribution in [0.25, 0.3) is 6.08 Å². The minimum absolute atomic E-state index is 0.0347. The Morgan fingerprint density at radius 3 is 2.21 bits per heavy atom. The summed E-state index contributed by atoms with van der Waals surface area (Å²) in [6, 6.07) is 15.2. The first kappa shape index (κ1) is 17.2. The normalized spacial score (nSPS) is 10.6. The number of carbonyl (C=O) groups is 1. The van der Waals surface area contributed by atoms with Gasteiger partial charge in [0, 0.05) is 0 Å².